The van der Waals surface area contributed by atoms with E-state index in [9.17, 15) is 9.59 Å². The van der Waals surface area contributed by atoms with E-state index in [1.54, 1.807) is 43.3 Å². The van der Waals surface area contributed by atoms with Crippen LogP contribution >= 0.6 is 0 Å². The van der Waals surface area contributed by atoms with E-state index in [4.69, 9.17) is 5.11 Å². The summed E-state index contributed by atoms with van der Waals surface area (Å²) in [6.45, 7) is 1.78. The molecule has 1 aliphatic rings. The maximum absolute atomic E-state index is 10.4. The first-order chi connectivity index (χ1) is 9.95. The molecule has 0 atom stereocenters. The molecule has 0 aliphatic carbocycles. The lowest BCUT2D eigenvalue weighted by molar-refractivity contribution is 0.0696. The monoisotopic (exact) mass is 286 g/mol. The number of carboxylic acid groups (broad SMARTS) is 1. The number of benzene rings is 1. The summed E-state index contributed by atoms with van der Waals surface area (Å²) < 4.78 is 0. The Labute approximate surface area is 123 Å². The van der Waals surface area contributed by atoms with Gasteiger partial charge in [-0.15, -0.1) is 0 Å². The van der Waals surface area contributed by atoms with Gasteiger partial charge in [0.1, 0.15) is 5.70 Å². The van der Waals surface area contributed by atoms with Crippen molar-refractivity contribution in [1.29, 1.82) is 0 Å². The molecular weight excluding hydrogens is 268 g/mol. The molecule has 0 bridgehead atoms. The number of allylic oxidation sites excluding steroid dienone is 2. The molecule has 5 nitrogen and oxygen atoms in total. The molecule has 2 N–H and O–H groups in total. The topological polar surface area (TPSA) is 69.6 Å². The molecule has 21 heavy (non-hydrogen) atoms. The lowest BCUT2D eigenvalue weighted by atomic mass is 10.1. The van der Waals surface area contributed by atoms with Gasteiger partial charge in [0.2, 0.25) is 0 Å². The second-order valence-corrected chi connectivity index (χ2v) is 4.58. The van der Waals surface area contributed by atoms with Gasteiger partial charge < -0.3 is 15.3 Å². The number of likely N-dealkylation sites (N-methyl/N-ethyl adjacent to an activating group) is 1. The number of carbonyl (C=O) groups excluding carboxylic acids is 1. The van der Waals surface area contributed by atoms with Crippen LogP contribution < -0.4 is 5.32 Å². The van der Waals surface area contributed by atoms with E-state index in [1.165, 1.54) is 0 Å². The van der Waals surface area contributed by atoms with E-state index in [2.05, 4.69) is 5.32 Å². The third-order valence-electron chi connectivity index (χ3n) is 2.80. The fourth-order valence-corrected chi connectivity index (χ4v) is 1.57. The van der Waals surface area contributed by atoms with Crippen molar-refractivity contribution < 1.29 is 14.7 Å². The normalized spacial score (nSPS) is 12.3. The quantitative estimate of drug-likeness (QED) is 0.813. The molecule has 1 aromatic carbocycles. The molecule has 2 rings (SSSR count). The summed E-state index contributed by atoms with van der Waals surface area (Å²) in [7, 11) is 3.88. The van der Waals surface area contributed by atoms with Gasteiger partial charge in [-0.3, -0.25) is 0 Å². The highest BCUT2D eigenvalue weighted by Gasteiger charge is 2.03. The van der Waals surface area contributed by atoms with Gasteiger partial charge in [0.25, 0.3) is 0 Å². The predicted molar refractivity (Wildman–Crippen MR) is 81.4 cm³/mol. The highest BCUT2D eigenvalue weighted by atomic mass is 16.4. The van der Waals surface area contributed by atoms with Crippen LogP contribution in [0.25, 0.3) is 0 Å². The van der Waals surface area contributed by atoms with Gasteiger partial charge in [-0.2, -0.15) is 0 Å². The summed E-state index contributed by atoms with van der Waals surface area (Å²) >= 11 is 0. The molecule has 0 amide bonds. The molecule has 110 valence electrons. The van der Waals surface area contributed by atoms with Crippen LogP contribution in [0.1, 0.15) is 15.9 Å². The molecule has 0 spiro atoms. The molecule has 0 aromatic heterocycles. The number of aryl methyl sites for hydroxylation is 1. The summed E-state index contributed by atoms with van der Waals surface area (Å²) in [4.78, 5) is 22.5. The van der Waals surface area contributed by atoms with Crippen molar-refractivity contribution in [3.05, 3.63) is 65.1 Å². The fourth-order valence-electron chi connectivity index (χ4n) is 1.57. The number of carboxylic acids is 1. The van der Waals surface area contributed by atoms with Crippen molar-refractivity contribution in [2.75, 3.05) is 14.1 Å². The first-order valence-electron chi connectivity index (χ1n) is 6.32. The van der Waals surface area contributed by atoms with E-state index in [-0.39, 0.29) is 0 Å². The first kappa shape index (κ1) is 16.3. The summed E-state index contributed by atoms with van der Waals surface area (Å²) in [5.41, 5.74) is 2.68. The minimum atomic E-state index is -0.863. The van der Waals surface area contributed by atoms with Gasteiger partial charge in [0, 0.05) is 20.3 Å². The molecule has 5 heteroatoms. The van der Waals surface area contributed by atoms with Crippen molar-refractivity contribution >= 4 is 11.9 Å². The Morgan fingerprint density at radius 3 is 2.29 bits per heavy atom. The number of nitrogens with one attached hydrogen (secondary N) is 1. The van der Waals surface area contributed by atoms with Crippen LogP contribution in [0.2, 0.25) is 0 Å². The smallest absolute Gasteiger partial charge is 0.335 e. The number of hydrogen-bond donors (Lipinski definition) is 2. The lowest BCUT2D eigenvalue weighted by Crippen LogP contribution is -2.17. The number of carbonyl (C=O) groups is 1. The summed E-state index contributed by atoms with van der Waals surface area (Å²) in [6, 6.07) is 6.92. The second kappa shape index (κ2) is 7.72. The van der Waals surface area contributed by atoms with Gasteiger partial charge in [-0.25, -0.2) is 9.59 Å². The van der Waals surface area contributed by atoms with Gasteiger partial charge >= 0.3 is 5.97 Å². The first-order valence-corrected chi connectivity index (χ1v) is 6.32. The zero-order chi connectivity index (χ0) is 15.8. The minimum Gasteiger partial charge on any atom is -0.478 e. The molecule has 1 heterocycles. The van der Waals surface area contributed by atoms with Crippen LogP contribution in [0.5, 0.6) is 0 Å². The third-order valence-corrected chi connectivity index (χ3v) is 2.80. The van der Waals surface area contributed by atoms with E-state index < -0.39 is 5.97 Å². The fraction of sp³-hybridized carbons (Fsp3) is 0.188. The Kier molecular flexibility index (Phi) is 5.99. The molecular formula is C16H18N2O3. The van der Waals surface area contributed by atoms with Gasteiger partial charge in [-0.1, -0.05) is 18.2 Å². The van der Waals surface area contributed by atoms with Crippen LogP contribution in [0.4, 0.5) is 0 Å². The van der Waals surface area contributed by atoms with E-state index in [0.29, 0.717) is 11.3 Å². The van der Waals surface area contributed by atoms with E-state index in [0.717, 1.165) is 11.3 Å². The number of hydrogen-bond acceptors (Lipinski definition) is 4. The largest absolute Gasteiger partial charge is 0.478 e. The van der Waals surface area contributed by atoms with Crippen LogP contribution in [0.3, 0.4) is 0 Å². The Balaban J connectivity index is 0.000000211. The van der Waals surface area contributed by atoms with Crippen molar-refractivity contribution in [3.8, 4) is 0 Å². The summed E-state index contributed by atoms with van der Waals surface area (Å²) in [5.74, 6) is 0.906. The summed E-state index contributed by atoms with van der Waals surface area (Å²) in [5, 5.41) is 11.4. The van der Waals surface area contributed by atoms with Gasteiger partial charge in [0.05, 0.1) is 11.3 Å². The highest BCUT2D eigenvalue weighted by Crippen LogP contribution is 2.06. The summed E-state index contributed by atoms with van der Waals surface area (Å²) in [6.07, 6.45) is 5.32. The minimum absolute atomic E-state index is 0.377. The Bertz CT molecular complexity index is 624. The third kappa shape index (κ3) is 5.01. The van der Waals surface area contributed by atoms with Crippen LogP contribution in [0.15, 0.2) is 54.0 Å². The number of aromatic carboxylic acids is 1. The zero-order valence-electron chi connectivity index (χ0n) is 12.3. The molecule has 0 saturated carbocycles. The highest BCUT2D eigenvalue weighted by molar-refractivity contribution is 5.89. The SMILES string of the molecule is CN(C)C1=CNC(=C=O)C=C1.Cc1ccccc1C(=O)O. The molecule has 0 fully saturated rings. The molecule has 1 aliphatic heterocycles. The van der Waals surface area contributed by atoms with Crippen LogP contribution in [-0.4, -0.2) is 36.0 Å². The number of nitrogens with zero attached hydrogens (tertiary/aromatic N) is 1. The maximum Gasteiger partial charge on any atom is 0.335 e. The second-order valence-electron chi connectivity index (χ2n) is 4.58. The Morgan fingerprint density at radius 2 is 1.90 bits per heavy atom. The van der Waals surface area contributed by atoms with E-state index >= 15 is 0 Å². The molecule has 0 radical (unpaired) electrons. The van der Waals surface area contributed by atoms with Crippen molar-refractivity contribution in [2.45, 2.75) is 6.92 Å². The van der Waals surface area contributed by atoms with Crippen molar-refractivity contribution in [2.24, 2.45) is 0 Å². The molecule has 0 saturated heterocycles. The standard InChI is InChI=1S/C8H10N2O.C8H8O2/c1-10(2)8-4-3-7(6-11)9-5-8;1-6-4-2-3-5-7(6)8(9)10/h3-5,9H,1-2H3;2-5H,1H3,(H,9,10). The Morgan fingerprint density at radius 1 is 1.24 bits per heavy atom. The maximum atomic E-state index is 10.4. The van der Waals surface area contributed by atoms with E-state index in [1.807, 2.05) is 31.1 Å². The number of rotatable bonds is 2. The Hall–Kier alpha value is -2.78. The predicted octanol–water partition coefficient (Wildman–Crippen LogP) is 1.96. The lowest BCUT2D eigenvalue weighted by Gasteiger charge is -2.16. The van der Waals surface area contributed by atoms with Gasteiger partial charge in [0.15, 0.2) is 5.94 Å². The average molecular weight is 286 g/mol. The van der Waals surface area contributed by atoms with Gasteiger partial charge in [-0.05, 0) is 30.7 Å². The van der Waals surface area contributed by atoms with Crippen LogP contribution in [0, 0.1) is 6.92 Å². The zero-order valence-corrected chi connectivity index (χ0v) is 12.3. The molecule has 0 unspecified atom stereocenters. The number of dihydropyridines is 1. The van der Waals surface area contributed by atoms with Crippen LogP contribution in [-0.2, 0) is 4.79 Å². The van der Waals surface area contributed by atoms with Crippen molar-refractivity contribution in [3.63, 3.8) is 0 Å². The van der Waals surface area contributed by atoms with Crippen molar-refractivity contribution in [1.82, 2.24) is 10.2 Å². The average Bonchev–Trinajstić information content (AvgIpc) is 2.48. The molecule has 1 aromatic rings.